The molecular weight excluding hydrogens is 354 g/mol. The number of piperidine rings is 1. The van der Waals surface area contributed by atoms with E-state index in [1.165, 1.54) is 29.5 Å². The van der Waals surface area contributed by atoms with Crippen LogP contribution in [0.2, 0.25) is 0 Å². The molecule has 0 saturated carbocycles. The van der Waals surface area contributed by atoms with Crippen LogP contribution in [0.1, 0.15) is 26.2 Å². The van der Waals surface area contributed by atoms with Crippen LogP contribution in [0.4, 0.5) is 0 Å². The zero-order valence-electron chi connectivity index (χ0n) is 15.9. The molecule has 1 aliphatic heterocycles. The highest BCUT2D eigenvalue weighted by molar-refractivity contribution is 7.13. The molecule has 1 saturated heterocycles. The van der Waals surface area contributed by atoms with Gasteiger partial charge in [-0.1, -0.05) is 30.7 Å². The lowest BCUT2D eigenvalue weighted by Gasteiger charge is -2.33. The molecule has 27 heavy (non-hydrogen) atoms. The third kappa shape index (κ3) is 4.09. The number of nitrogens with one attached hydrogen (secondary N) is 1. The largest absolute Gasteiger partial charge is 0.353 e. The van der Waals surface area contributed by atoms with E-state index >= 15 is 0 Å². The molecule has 3 aromatic rings. The summed E-state index contributed by atoms with van der Waals surface area (Å²) >= 11 is 1.71. The molecule has 4 rings (SSSR count). The molecule has 1 amide bonds. The van der Waals surface area contributed by atoms with E-state index in [0.29, 0.717) is 12.6 Å². The molecule has 0 radical (unpaired) electrons. The van der Waals surface area contributed by atoms with Crippen LogP contribution in [-0.4, -0.2) is 41.1 Å². The molecule has 1 fully saturated rings. The quantitative estimate of drug-likeness (QED) is 0.689. The van der Waals surface area contributed by atoms with Gasteiger partial charge in [-0.3, -0.25) is 9.69 Å². The smallest absolute Gasteiger partial charge is 0.240 e. The number of thiophene rings is 1. The van der Waals surface area contributed by atoms with Crippen molar-refractivity contribution in [2.75, 3.05) is 19.6 Å². The summed E-state index contributed by atoms with van der Waals surface area (Å²) in [4.78, 5) is 16.3. The molecule has 1 aliphatic rings. The van der Waals surface area contributed by atoms with Crippen LogP contribution in [-0.2, 0) is 11.3 Å². The number of hydrogen-bond donors (Lipinski definition) is 1. The third-order valence-corrected chi connectivity index (χ3v) is 6.44. The van der Waals surface area contributed by atoms with Gasteiger partial charge in [-0.2, -0.15) is 0 Å². The summed E-state index contributed by atoms with van der Waals surface area (Å²) < 4.78 is 2.14. The Labute approximate surface area is 164 Å². The first-order valence-electron chi connectivity index (χ1n) is 9.85. The molecule has 1 unspecified atom stereocenters. The van der Waals surface area contributed by atoms with Crippen LogP contribution >= 0.6 is 11.3 Å². The second kappa shape index (κ2) is 8.28. The van der Waals surface area contributed by atoms with Crippen LogP contribution in [0, 0.1) is 0 Å². The Hall–Kier alpha value is -2.11. The van der Waals surface area contributed by atoms with E-state index in [4.69, 9.17) is 0 Å². The summed E-state index contributed by atoms with van der Waals surface area (Å²) in [7, 11) is 0. The predicted molar refractivity (Wildman–Crippen MR) is 113 cm³/mol. The summed E-state index contributed by atoms with van der Waals surface area (Å²) in [5.41, 5.74) is 2.23. The van der Waals surface area contributed by atoms with Gasteiger partial charge in [-0.15, -0.1) is 11.3 Å². The highest BCUT2D eigenvalue weighted by atomic mass is 32.1. The van der Waals surface area contributed by atoms with Crippen molar-refractivity contribution >= 4 is 28.1 Å². The number of aromatic nitrogens is 1. The monoisotopic (exact) mass is 381 g/mol. The molecule has 4 nitrogen and oxygen atoms in total. The van der Waals surface area contributed by atoms with Crippen LogP contribution in [0.15, 0.2) is 47.8 Å². The Kier molecular flexibility index (Phi) is 5.60. The number of amides is 1. The fourth-order valence-corrected chi connectivity index (χ4v) is 4.79. The Bertz CT molecular complexity index is 900. The molecule has 0 aliphatic carbocycles. The van der Waals surface area contributed by atoms with Gasteiger partial charge in [0.05, 0.1) is 10.6 Å². The van der Waals surface area contributed by atoms with Crippen molar-refractivity contribution in [2.45, 2.75) is 38.8 Å². The maximum atomic E-state index is 12.7. The van der Waals surface area contributed by atoms with Crippen molar-refractivity contribution in [3.8, 4) is 10.6 Å². The van der Waals surface area contributed by atoms with Gasteiger partial charge in [-0.05, 0) is 49.9 Å². The molecule has 0 bridgehead atoms. The minimum atomic E-state index is 0.0822. The minimum Gasteiger partial charge on any atom is -0.353 e. The van der Waals surface area contributed by atoms with Crippen LogP contribution in [0.5, 0.6) is 0 Å². The predicted octanol–water partition coefficient (Wildman–Crippen LogP) is 4.36. The lowest BCUT2D eigenvalue weighted by Crippen LogP contribution is -2.42. The standard InChI is InChI=1S/C22H27N3OS/c1-17-7-4-5-12-24(17)13-11-23-22(26)16-25-19-9-3-2-8-18(19)15-20(25)21-10-6-14-27-21/h2-3,6,8-10,14-15,17H,4-5,7,11-13,16H2,1H3,(H,23,26). The van der Waals surface area contributed by atoms with E-state index in [1.54, 1.807) is 11.3 Å². The van der Waals surface area contributed by atoms with Crippen molar-refractivity contribution in [2.24, 2.45) is 0 Å². The maximum Gasteiger partial charge on any atom is 0.240 e. The van der Waals surface area contributed by atoms with E-state index in [0.717, 1.165) is 30.8 Å². The molecule has 1 atom stereocenters. The zero-order chi connectivity index (χ0) is 18.6. The summed E-state index contributed by atoms with van der Waals surface area (Å²) in [5, 5.41) is 6.39. The minimum absolute atomic E-state index is 0.0822. The Morgan fingerprint density at radius 2 is 2.11 bits per heavy atom. The van der Waals surface area contributed by atoms with Gasteiger partial charge >= 0.3 is 0 Å². The van der Waals surface area contributed by atoms with Crippen molar-refractivity contribution in [1.29, 1.82) is 0 Å². The van der Waals surface area contributed by atoms with Gasteiger partial charge in [0, 0.05) is 30.0 Å². The number of hydrogen-bond acceptors (Lipinski definition) is 3. The number of carbonyl (C=O) groups is 1. The average Bonchev–Trinajstić information content (AvgIpc) is 3.32. The van der Waals surface area contributed by atoms with Gasteiger partial charge in [0.2, 0.25) is 5.91 Å². The summed E-state index contributed by atoms with van der Waals surface area (Å²) in [5.74, 6) is 0.0822. The molecular formula is C22H27N3OS. The number of carbonyl (C=O) groups excluding carboxylic acids is 1. The van der Waals surface area contributed by atoms with Crippen LogP contribution in [0.3, 0.4) is 0 Å². The van der Waals surface area contributed by atoms with E-state index in [-0.39, 0.29) is 5.91 Å². The molecule has 5 heteroatoms. The fourth-order valence-electron chi connectivity index (χ4n) is 4.04. The van der Waals surface area contributed by atoms with Crippen molar-refractivity contribution in [3.05, 3.63) is 47.8 Å². The topological polar surface area (TPSA) is 37.3 Å². The molecule has 1 N–H and O–H groups in total. The summed E-state index contributed by atoms with van der Waals surface area (Å²) in [6, 6.07) is 15.3. The normalized spacial score (nSPS) is 18.0. The SMILES string of the molecule is CC1CCCCN1CCNC(=O)Cn1c(-c2cccs2)cc2ccccc21. The van der Waals surface area contributed by atoms with Gasteiger partial charge < -0.3 is 9.88 Å². The van der Waals surface area contributed by atoms with E-state index in [1.807, 2.05) is 12.1 Å². The third-order valence-electron chi connectivity index (χ3n) is 5.55. The van der Waals surface area contributed by atoms with Crippen molar-refractivity contribution in [3.63, 3.8) is 0 Å². The van der Waals surface area contributed by atoms with Crippen molar-refractivity contribution < 1.29 is 4.79 Å². The van der Waals surface area contributed by atoms with Crippen LogP contribution in [0.25, 0.3) is 21.5 Å². The number of rotatable bonds is 6. The van der Waals surface area contributed by atoms with E-state index < -0.39 is 0 Å². The molecule has 142 valence electrons. The lowest BCUT2D eigenvalue weighted by molar-refractivity contribution is -0.121. The van der Waals surface area contributed by atoms with Gasteiger partial charge in [0.25, 0.3) is 0 Å². The van der Waals surface area contributed by atoms with E-state index in [2.05, 4.69) is 57.4 Å². The first-order valence-corrected chi connectivity index (χ1v) is 10.7. The van der Waals surface area contributed by atoms with Crippen molar-refractivity contribution in [1.82, 2.24) is 14.8 Å². The molecule has 2 aromatic heterocycles. The Balaban J connectivity index is 1.44. The number of nitrogens with zero attached hydrogens (tertiary/aromatic N) is 2. The van der Waals surface area contributed by atoms with E-state index in [9.17, 15) is 4.79 Å². The number of likely N-dealkylation sites (tertiary alicyclic amines) is 1. The first-order chi connectivity index (χ1) is 13.2. The Morgan fingerprint density at radius 1 is 1.22 bits per heavy atom. The maximum absolute atomic E-state index is 12.7. The van der Waals surface area contributed by atoms with Gasteiger partial charge in [-0.25, -0.2) is 0 Å². The number of para-hydroxylation sites is 1. The van der Waals surface area contributed by atoms with Gasteiger partial charge in [0.15, 0.2) is 0 Å². The highest BCUT2D eigenvalue weighted by Gasteiger charge is 2.18. The lowest BCUT2D eigenvalue weighted by atomic mass is 10.0. The summed E-state index contributed by atoms with van der Waals surface area (Å²) in [6.07, 6.45) is 3.88. The zero-order valence-corrected chi connectivity index (χ0v) is 16.7. The first kappa shape index (κ1) is 18.3. The average molecular weight is 382 g/mol. The highest BCUT2D eigenvalue weighted by Crippen LogP contribution is 2.31. The van der Waals surface area contributed by atoms with Gasteiger partial charge in [0.1, 0.15) is 6.54 Å². The molecule has 0 spiro atoms. The summed E-state index contributed by atoms with van der Waals surface area (Å²) in [6.45, 7) is 5.46. The second-order valence-corrected chi connectivity index (χ2v) is 8.33. The molecule has 3 heterocycles. The Morgan fingerprint density at radius 3 is 2.93 bits per heavy atom. The number of benzene rings is 1. The van der Waals surface area contributed by atoms with Crippen LogP contribution < -0.4 is 5.32 Å². The number of fused-ring (bicyclic) bond motifs is 1. The molecule has 1 aromatic carbocycles. The second-order valence-electron chi connectivity index (χ2n) is 7.38. The fraction of sp³-hybridized carbons (Fsp3) is 0.409.